The van der Waals surface area contributed by atoms with E-state index in [4.69, 9.17) is 0 Å². The van der Waals surface area contributed by atoms with Gasteiger partial charge in [-0.25, -0.2) is 0 Å². The fourth-order valence-corrected chi connectivity index (χ4v) is 3.29. The Morgan fingerprint density at radius 2 is 2.00 bits per heavy atom. The van der Waals surface area contributed by atoms with Gasteiger partial charge in [-0.05, 0) is 39.4 Å². The molecule has 0 amide bonds. The Morgan fingerprint density at radius 3 is 2.47 bits per heavy atom. The van der Waals surface area contributed by atoms with Crippen LogP contribution in [0.5, 0.6) is 0 Å². The maximum atomic E-state index is 11.5. The smallest absolute Gasteiger partial charge is 0.310 e. The van der Waals surface area contributed by atoms with Crippen LogP contribution in [-0.2, 0) is 4.79 Å². The van der Waals surface area contributed by atoms with E-state index in [1.807, 2.05) is 6.92 Å². The molecule has 0 radical (unpaired) electrons. The molecule has 1 heterocycles. The molecule has 19 heavy (non-hydrogen) atoms. The molecule has 1 fully saturated rings. The van der Waals surface area contributed by atoms with Gasteiger partial charge < -0.3 is 10.0 Å². The van der Waals surface area contributed by atoms with E-state index in [0.717, 1.165) is 39.0 Å². The van der Waals surface area contributed by atoms with E-state index in [0.29, 0.717) is 12.6 Å². The van der Waals surface area contributed by atoms with E-state index in [-0.39, 0.29) is 0 Å². The average molecular weight is 270 g/mol. The van der Waals surface area contributed by atoms with Gasteiger partial charge in [-0.15, -0.1) is 0 Å². The first kappa shape index (κ1) is 16.4. The summed E-state index contributed by atoms with van der Waals surface area (Å²) in [6, 6.07) is 0.606. The van der Waals surface area contributed by atoms with Crippen LogP contribution in [0.15, 0.2) is 0 Å². The molecule has 0 aromatic rings. The Hall–Kier alpha value is -0.610. The predicted octanol–water partition coefficient (Wildman–Crippen LogP) is 2.29. The van der Waals surface area contributed by atoms with Crippen molar-refractivity contribution >= 4 is 5.97 Å². The van der Waals surface area contributed by atoms with Crippen LogP contribution in [0.2, 0.25) is 0 Å². The zero-order valence-electron chi connectivity index (χ0n) is 13.0. The molecular weight excluding hydrogens is 240 g/mol. The Morgan fingerprint density at radius 1 is 1.37 bits per heavy atom. The Kier molecular flexibility index (Phi) is 6.27. The molecule has 1 aliphatic rings. The second kappa shape index (κ2) is 7.25. The van der Waals surface area contributed by atoms with E-state index in [2.05, 4.69) is 30.6 Å². The lowest BCUT2D eigenvalue weighted by atomic mass is 9.85. The molecule has 112 valence electrons. The van der Waals surface area contributed by atoms with E-state index >= 15 is 0 Å². The monoisotopic (exact) mass is 270 g/mol. The van der Waals surface area contributed by atoms with Crippen molar-refractivity contribution in [3.05, 3.63) is 0 Å². The summed E-state index contributed by atoms with van der Waals surface area (Å²) < 4.78 is 0. The first-order valence-electron chi connectivity index (χ1n) is 7.66. The number of carbonyl (C=O) groups is 1. The van der Waals surface area contributed by atoms with Crippen molar-refractivity contribution in [2.75, 3.05) is 32.7 Å². The molecule has 0 aliphatic carbocycles. The molecule has 4 heteroatoms. The largest absolute Gasteiger partial charge is 0.481 e. The van der Waals surface area contributed by atoms with Crippen molar-refractivity contribution in [2.45, 2.75) is 53.0 Å². The fraction of sp³-hybridized carbons (Fsp3) is 0.933. The number of rotatable bonds is 8. The quantitative estimate of drug-likeness (QED) is 0.735. The van der Waals surface area contributed by atoms with Crippen LogP contribution in [0.4, 0.5) is 0 Å². The SMILES string of the molecule is CCCC(C)(CN1CCC(N(CC)CC)C1)C(=O)O. The lowest BCUT2D eigenvalue weighted by Crippen LogP contribution is -2.42. The lowest BCUT2D eigenvalue weighted by Gasteiger charge is -2.31. The first-order chi connectivity index (χ1) is 8.96. The molecule has 2 atom stereocenters. The van der Waals surface area contributed by atoms with Crippen LogP contribution in [0.3, 0.4) is 0 Å². The van der Waals surface area contributed by atoms with Gasteiger partial charge in [0.05, 0.1) is 5.41 Å². The summed E-state index contributed by atoms with van der Waals surface area (Å²) in [6.45, 7) is 13.3. The summed E-state index contributed by atoms with van der Waals surface area (Å²) in [7, 11) is 0. The summed E-state index contributed by atoms with van der Waals surface area (Å²) in [6.07, 6.45) is 2.86. The Bertz CT molecular complexity index is 292. The van der Waals surface area contributed by atoms with Crippen molar-refractivity contribution in [1.82, 2.24) is 9.80 Å². The van der Waals surface area contributed by atoms with Crippen LogP contribution < -0.4 is 0 Å². The predicted molar refractivity (Wildman–Crippen MR) is 78.4 cm³/mol. The highest BCUT2D eigenvalue weighted by molar-refractivity contribution is 5.74. The van der Waals surface area contributed by atoms with Gasteiger partial charge in [0.15, 0.2) is 0 Å². The number of hydrogen-bond donors (Lipinski definition) is 1. The minimum absolute atomic E-state index is 0.590. The molecule has 1 saturated heterocycles. The van der Waals surface area contributed by atoms with E-state index in [1.165, 1.54) is 6.42 Å². The standard InChI is InChI=1S/C15H30N2O2/c1-5-9-15(4,14(18)19)12-16-10-8-13(11-16)17(6-2)7-3/h13H,5-12H2,1-4H3,(H,18,19). The van der Waals surface area contributed by atoms with Crippen LogP contribution in [0.25, 0.3) is 0 Å². The maximum absolute atomic E-state index is 11.5. The molecule has 0 aromatic carbocycles. The van der Waals surface area contributed by atoms with Gasteiger partial charge in [-0.2, -0.15) is 0 Å². The number of hydrogen-bond acceptors (Lipinski definition) is 3. The molecule has 0 bridgehead atoms. The van der Waals surface area contributed by atoms with Crippen molar-refractivity contribution in [3.63, 3.8) is 0 Å². The number of likely N-dealkylation sites (tertiary alicyclic amines) is 1. The molecule has 1 rings (SSSR count). The van der Waals surface area contributed by atoms with Gasteiger partial charge in [0.1, 0.15) is 0 Å². The summed E-state index contributed by atoms with van der Waals surface area (Å²) in [5.41, 5.74) is -0.590. The van der Waals surface area contributed by atoms with Crippen LogP contribution in [0.1, 0.15) is 47.0 Å². The van der Waals surface area contributed by atoms with Crippen LogP contribution >= 0.6 is 0 Å². The third kappa shape index (κ3) is 4.18. The van der Waals surface area contributed by atoms with Gasteiger partial charge in [0, 0.05) is 19.1 Å². The highest BCUT2D eigenvalue weighted by atomic mass is 16.4. The molecule has 0 saturated carbocycles. The number of carboxylic acid groups (broad SMARTS) is 1. The van der Waals surface area contributed by atoms with Crippen molar-refractivity contribution in [1.29, 1.82) is 0 Å². The molecule has 0 aromatic heterocycles. The second-order valence-electron chi connectivity index (χ2n) is 6.01. The Labute approximate surface area is 117 Å². The number of nitrogens with zero attached hydrogens (tertiary/aromatic N) is 2. The van der Waals surface area contributed by atoms with E-state index in [1.54, 1.807) is 0 Å². The fourth-order valence-electron chi connectivity index (χ4n) is 3.29. The topological polar surface area (TPSA) is 43.8 Å². The second-order valence-corrected chi connectivity index (χ2v) is 6.01. The van der Waals surface area contributed by atoms with Gasteiger partial charge >= 0.3 is 5.97 Å². The minimum atomic E-state index is -0.652. The summed E-state index contributed by atoms with van der Waals surface area (Å²) in [5, 5.41) is 9.45. The van der Waals surface area contributed by atoms with Crippen molar-refractivity contribution in [2.24, 2.45) is 5.41 Å². The van der Waals surface area contributed by atoms with Gasteiger partial charge in [0.25, 0.3) is 0 Å². The molecule has 1 aliphatic heterocycles. The van der Waals surface area contributed by atoms with Gasteiger partial charge in [-0.1, -0.05) is 27.2 Å². The highest BCUT2D eigenvalue weighted by Crippen LogP contribution is 2.27. The van der Waals surface area contributed by atoms with Gasteiger partial charge in [0.2, 0.25) is 0 Å². The minimum Gasteiger partial charge on any atom is -0.481 e. The highest BCUT2D eigenvalue weighted by Gasteiger charge is 2.37. The first-order valence-corrected chi connectivity index (χ1v) is 7.66. The third-order valence-electron chi connectivity index (χ3n) is 4.47. The zero-order valence-corrected chi connectivity index (χ0v) is 13.0. The normalized spacial score (nSPS) is 23.7. The van der Waals surface area contributed by atoms with E-state index < -0.39 is 11.4 Å². The summed E-state index contributed by atoms with van der Waals surface area (Å²) in [5.74, 6) is -0.652. The molecule has 4 nitrogen and oxygen atoms in total. The van der Waals surface area contributed by atoms with Crippen molar-refractivity contribution in [3.8, 4) is 0 Å². The summed E-state index contributed by atoms with van der Waals surface area (Å²) in [4.78, 5) is 16.3. The van der Waals surface area contributed by atoms with Crippen molar-refractivity contribution < 1.29 is 9.90 Å². The lowest BCUT2D eigenvalue weighted by molar-refractivity contribution is -0.149. The van der Waals surface area contributed by atoms with Crippen LogP contribution in [0, 0.1) is 5.41 Å². The average Bonchev–Trinajstić information content (AvgIpc) is 2.79. The number of aliphatic carboxylic acids is 1. The molecule has 2 unspecified atom stereocenters. The Balaban J connectivity index is 2.57. The zero-order chi connectivity index (χ0) is 14.5. The van der Waals surface area contributed by atoms with Crippen LogP contribution in [-0.4, -0.2) is 59.6 Å². The maximum Gasteiger partial charge on any atom is 0.310 e. The van der Waals surface area contributed by atoms with E-state index in [9.17, 15) is 9.90 Å². The number of carboxylic acids is 1. The number of likely N-dealkylation sites (N-methyl/N-ethyl adjacent to an activating group) is 1. The third-order valence-corrected chi connectivity index (χ3v) is 4.47. The molecule has 1 N–H and O–H groups in total. The molecular formula is C15H30N2O2. The van der Waals surface area contributed by atoms with Gasteiger partial charge in [-0.3, -0.25) is 9.69 Å². The molecule has 0 spiro atoms. The summed E-state index contributed by atoms with van der Waals surface area (Å²) >= 11 is 0.